The molecule has 5 heterocycles. The Hall–Kier alpha value is -2.43. The van der Waals surface area contributed by atoms with E-state index < -0.39 is 5.82 Å². The summed E-state index contributed by atoms with van der Waals surface area (Å²) < 4.78 is 28.9. The van der Waals surface area contributed by atoms with E-state index in [-0.39, 0.29) is 39.7 Å². The van der Waals surface area contributed by atoms with Gasteiger partial charge in [-0.15, -0.1) is 0 Å². The zero-order valence-corrected chi connectivity index (χ0v) is 26.4. The molecule has 4 bridgehead atoms. The molecule has 0 radical (unpaired) electrons. The smallest absolute Gasteiger partial charge is 0.319 e. The number of benzene rings is 2. The summed E-state index contributed by atoms with van der Waals surface area (Å²) in [6, 6.07) is 6.69. The van der Waals surface area contributed by atoms with Crippen molar-refractivity contribution in [3.05, 3.63) is 39.6 Å². The van der Waals surface area contributed by atoms with Crippen LogP contribution >= 0.6 is 23.2 Å². The van der Waals surface area contributed by atoms with Crippen molar-refractivity contribution in [1.82, 2.24) is 20.2 Å². The highest BCUT2D eigenvalue weighted by molar-refractivity contribution is 6.35. The monoisotopic (exact) mass is 641 g/mol. The van der Waals surface area contributed by atoms with E-state index in [1.807, 2.05) is 0 Å². The van der Waals surface area contributed by atoms with E-state index in [4.69, 9.17) is 37.7 Å². The Bertz CT molecular complexity index is 1580. The van der Waals surface area contributed by atoms with E-state index in [2.05, 4.69) is 27.0 Å². The van der Waals surface area contributed by atoms with Crippen LogP contribution < -0.4 is 15.0 Å². The summed E-state index contributed by atoms with van der Waals surface area (Å²) in [5.41, 5.74) is 1.69. The van der Waals surface area contributed by atoms with Crippen LogP contribution in [0, 0.1) is 11.7 Å². The van der Waals surface area contributed by atoms with E-state index in [1.165, 1.54) is 18.9 Å². The van der Waals surface area contributed by atoms with Gasteiger partial charge in [-0.05, 0) is 73.8 Å². The fourth-order valence-electron chi connectivity index (χ4n) is 7.92. The molecule has 2 N–H and O–H groups in total. The van der Waals surface area contributed by atoms with E-state index in [0.29, 0.717) is 52.6 Å². The van der Waals surface area contributed by atoms with Crippen molar-refractivity contribution in [1.29, 1.82) is 0 Å². The summed E-state index contributed by atoms with van der Waals surface area (Å²) in [6.45, 7) is 6.64. The van der Waals surface area contributed by atoms with Gasteiger partial charge in [0.15, 0.2) is 5.82 Å². The Kier molecular flexibility index (Phi) is 7.53. The van der Waals surface area contributed by atoms with Gasteiger partial charge in [-0.2, -0.15) is 9.97 Å². The standard InChI is InChI=1S/C33H38Cl2FN5O3/c1-17(11-41-21-6-7-22(41)16-43-15-21)14-44-33-38-31-25(32(39-33)40-12-19-4-5-20(13-40)37-19)10-27(35)29(30(31)36)24-8-23(42)9-26(34)28(24)18-2-3-18/h8-10,17-22,37,42H,2-7,11-16H2,1H3/t17-,19?,20?,21?,22?/m1/s1. The molecule has 4 unspecified atom stereocenters. The zero-order valence-electron chi connectivity index (χ0n) is 24.9. The number of morpholine rings is 1. The predicted octanol–water partition coefficient (Wildman–Crippen LogP) is 6.14. The number of anilines is 1. The van der Waals surface area contributed by atoms with Crippen LogP contribution in [0.1, 0.15) is 56.9 Å². The molecule has 234 valence electrons. The minimum Gasteiger partial charge on any atom is -0.508 e. The van der Waals surface area contributed by atoms with Crippen molar-refractivity contribution in [3.63, 3.8) is 0 Å². The lowest BCUT2D eigenvalue weighted by Crippen LogP contribution is -2.51. The molecular formula is C33H38Cl2FN5O3. The first-order valence-electron chi connectivity index (χ1n) is 16.0. The van der Waals surface area contributed by atoms with Gasteiger partial charge in [0.1, 0.15) is 17.1 Å². The first-order chi connectivity index (χ1) is 21.3. The van der Waals surface area contributed by atoms with Gasteiger partial charge >= 0.3 is 6.01 Å². The third-order valence-electron chi connectivity index (χ3n) is 10.1. The fraction of sp³-hybridized carbons (Fsp3) is 0.576. The van der Waals surface area contributed by atoms with Gasteiger partial charge in [-0.3, -0.25) is 4.90 Å². The van der Waals surface area contributed by atoms with Crippen LogP contribution in [-0.2, 0) is 4.74 Å². The zero-order chi connectivity index (χ0) is 30.1. The van der Waals surface area contributed by atoms with Crippen LogP contribution in [0.25, 0.3) is 22.0 Å². The minimum absolute atomic E-state index is 0.0312. The second kappa shape index (κ2) is 11.4. The Balaban J connectivity index is 1.17. The number of aromatic nitrogens is 2. The number of phenols is 1. The lowest BCUT2D eigenvalue weighted by Gasteiger charge is -2.36. The largest absolute Gasteiger partial charge is 0.508 e. The van der Waals surface area contributed by atoms with Crippen molar-refractivity contribution < 1.29 is 19.0 Å². The number of aromatic hydroxyl groups is 1. The number of piperazine rings is 1. The van der Waals surface area contributed by atoms with Gasteiger partial charge in [0.05, 0.1) is 24.8 Å². The molecule has 5 fully saturated rings. The van der Waals surface area contributed by atoms with Crippen molar-refractivity contribution in [2.75, 3.05) is 44.4 Å². The maximum absolute atomic E-state index is 16.8. The van der Waals surface area contributed by atoms with Gasteiger partial charge in [0.25, 0.3) is 0 Å². The van der Waals surface area contributed by atoms with Crippen molar-refractivity contribution in [2.45, 2.75) is 75.5 Å². The molecule has 3 aromatic rings. The highest BCUT2D eigenvalue weighted by atomic mass is 35.5. The van der Waals surface area contributed by atoms with Gasteiger partial charge < -0.3 is 24.8 Å². The summed E-state index contributed by atoms with van der Waals surface area (Å²) in [6.07, 6.45) is 6.50. The van der Waals surface area contributed by atoms with Gasteiger partial charge in [0.2, 0.25) is 0 Å². The summed E-state index contributed by atoms with van der Waals surface area (Å²) in [5, 5.41) is 15.3. The van der Waals surface area contributed by atoms with E-state index >= 15 is 4.39 Å². The van der Waals surface area contributed by atoms with Crippen LogP contribution in [0.5, 0.6) is 11.8 Å². The summed E-state index contributed by atoms with van der Waals surface area (Å²) in [7, 11) is 0. The molecule has 0 spiro atoms. The van der Waals surface area contributed by atoms with Crippen molar-refractivity contribution in [2.24, 2.45) is 5.92 Å². The molecule has 8 rings (SSSR count). The first-order valence-corrected chi connectivity index (χ1v) is 16.8. The summed E-state index contributed by atoms with van der Waals surface area (Å²) in [4.78, 5) is 14.3. The second-order valence-corrected chi connectivity index (χ2v) is 14.3. The lowest BCUT2D eigenvalue weighted by atomic mass is 9.94. The molecule has 1 aliphatic carbocycles. The average Bonchev–Trinajstić information content (AvgIpc) is 3.74. The van der Waals surface area contributed by atoms with Crippen LogP contribution in [-0.4, -0.2) is 83.6 Å². The highest BCUT2D eigenvalue weighted by Gasteiger charge is 2.38. The maximum Gasteiger partial charge on any atom is 0.319 e. The molecule has 1 aromatic heterocycles. The lowest BCUT2D eigenvalue weighted by molar-refractivity contribution is -0.0229. The summed E-state index contributed by atoms with van der Waals surface area (Å²) >= 11 is 13.5. The number of nitrogens with zero attached hydrogens (tertiary/aromatic N) is 4. The molecular weight excluding hydrogens is 604 g/mol. The Labute approximate surface area is 266 Å². The number of ether oxygens (including phenoxy) is 2. The normalized spacial score (nSPS) is 27.3. The maximum atomic E-state index is 16.8. The average molecular weight is 643 g/mol. The number of rotatable bonds is 8. The Morgan fingerprint density at radius 1 is 1.02 bits per heavy atom. The Morgan fingerprint density at radius 3 is 2.45 bits per heavy atom. The molecule has 8 nitrogen and oxygen atoms in total. The number of nitrogens with one attached hydrogen (secondary N) is 1. The molecule has 4 saturated heterocycles. The topological polar surface area (TPSA) is 83.0 Å². The van der Waals surface area contributed by atoms with Gasteiger partial charge in [-0.25, -0.2) is 4.39 Å². The SMILES string of the molecule is C[C@@H](COc1nc(N2CC3CCC(C2)N3)c2cc(Cl)c(-c3cc(O)cc(Cl)c3C3CC3)c(F)c2n1)CN1C2CCC1COC2. The molecule has 1 saturated carbocycles. The van der Waals surface area contributed by atoms with Crippen LogP contribution in [0.4, 0.5) is 10.2 Å². The van der Waals surface area contributed by atoms with Crippen LogP contribution in [0.2, 0.25) is 10.0 Å². The number of hydrogen-bond donors (Lipinski definition) is 2. The fourth-order valence-corrected chi connectivity index (χ4v) is 8.58. The van der Waals surface area contributed by atoms with Gasteiger partial charge in [-0.1, -0.05) is 30.1 Å². The number of halogens is 3. The van der Waals surface area contributed by atoms with Crippen LogP contribution in [0.3, 0.4) is 0 Å². The Morgan fingerprint density at radius 2 is 1.75 bits per heavy atom. The molecule has 4 aliphatic heterocycles. The van der Waals surface area contributed by atoms with Gasteiger partial charge in [0, 0.05) is 65.7 Å². The molecule has 5 atom stereocenters. The van der Waals surface area contributed by atoms with Crippen molar-refractivity contribution in [3.8, 4) is 22.9 Å². The second-order valence-electron chi connectivity index (χ2n) is 13.5. The molecule has 5 aliphatic rings. The number of hydrogen-bond acceptors (Lipinski definition) is 8. The highest BCUT2D eigenvalue weighted by Crippen LogP contribution is 2.51. The summed E-state index contributed by atoms with van der Waals surface area (Å²) in [5.74, 6) is 0.502. The van der Waals surface area contributed by atoms with E-state index in [1.54, 1.807) is 12.1 Å². The number of phenolic OH excluding ortho intramolecular Hbond substituents is 1. The molecule has 44 heavy (non-hydrogen) atoms. The predicted molar refractivity (Wildman–Crippen MR) is 170 cm³/mol. The van der Waals surface area contributed by atoms with Crippen LogP contribution in [0.15, 0.2) is 18.2 Å². The minimum atomic E-state index is -0.555. The quantitative estimate of drug-likeness (QED) is 0.303. The van der Waals surface area contributed by atoms with E-state index in [9.17, 15) is 5.11 Å². The molecule has 0 amide bonds. The third kappa shape index (κ3) is 5.28. The van der Waals surface area contributed by atoms with E-state index in [0.717, 1.165) is 64.1 Å². The van der Waals surface area contributed by atoms with Crippen molar-refractivity contribution >= 4 is 39.9 Å². The first kappa shape index (κ1) is 29.0. The number of fused-ring (bicyclic) bond motifs is 5. The molecule has 11 heteroatoms. The molecule has 2 aromatic carbocycles. The third-order valence-corrected chi connectivity index (χ3v) is 10.7.